The molecule has 2 rings (SSSR count). The van der Waals surface area contributed by atoms with Crippen LogP contribution >= 0.6 is 23.2 Å². The van der Waals surface area contributed by atoms with Gasteiger partial charge in [-0.2, -0.15) is 18.2 Å². The molecule has 0 aliphatic rings. The lowest BCUT2D eigenvalue weighted by atomic mass is 10.4. The van der Waals surface area contributed by atoms with Gasteiger partial charge in [-0.25, -0.2) is 0 Å². The number of hydrogen-bond donors (Lipinski definition) is 3. The summed E-state index contributed by atoms with van der Waals surface area (Å²) in [5.41, 5.74) is 5.14. The molecule has 2 aromatic heterocycles. The number of amides is 1. The Morgan fingerprint density at radius 3 is 2.62 bits per heavy atom. The number of aromatic amines is 1. The molecule has 0 bridgehead atoms. The number of nitrogens with two attached hydrogens (primary N) is 1. The maximum absolute atomic E-state index is 13.3. The molecule has 0 aliphatic carbocycles. The summed E-state index contributed by atoms with van der Waals surface area (Å²) in [5, 5.41) is 7.86. The molecule has 13 heteroatoms. The van der Waals surface area contributed by atoms with Crippen LogP contribution in [-0.2, 0) is 10.7 Å². The third kappa shape index (κ3) is 3.97. The quantitative estimate of drug-likeness (QED) is 0.680. The van der Waals surface area contributed by atoms with Crippen molar-refractivity contribution in [3.05, 3.63) is 21.8 Å². The second kappa shape index (κ2) is 6.69. The number of ether oxygens (including phenoxy) is 1. The Morgan fingerprint density at radius 2 is 2.04 bits per heavy atom. The van der Waals surface area contributed by atoms with Crippen molar-refractivity contribution in [3.8, 4) is 5.88 Å². The third-order valence-corrected chi connectivity index (χ3v) is 3.27. The Balaban J connectivity index is 2.00. The number of carbonyl (C=O) groups excluding carboxylic acids is 1. The molecule has 1 amide bonds. The van der Waals surface area contributed by atoms with Crippen LogP contribution in [0.2, 0.25) is 10.0 Å². The Morgan fingerprint density at radius 1 is 1.38 bits per heavy atom. The van der Waals surface area contributed by atoms with Gasteiger partial charge >= 0.3 is 5.92 Å². The molecule has 4 N–H and O–H groups in total. The number of carbonyl (C=O) groups is 1. The predicted molar refractivity (Wildman–Crippen MR) is 78.7 cm³/mol. The van der Waals surface area contributed by atoms with E-state index < -0.39 is 41.1 Å². The van der Waals surface area contributed by atoms with Crippen molar-refractivity contribution < 1.29 is 22.7 Å². The lowest BCUT2D eigenvalue weighted by Crippen LogP contribution is -2.21. The van der Waals surface area contributed by atoms with Crippen molar-refractivity contribution in [1.29, 1.82) is 0 Å². The highest BCUT2D eigenvalue weighted by Gasteiger charge is 2.29. The van der Waals surface area contributed by atoms with Gasteiger partial charge in [-0.05, 0) is 0 Å². The maximum Gasteiger partial charge on any atom is 0.303 e. The molecule has 24 heavy (non-hydrogen) atoms. The van der Waals surface area contributed by atoms with Gasteiger partial charge in [0.15, 0.2) is 6.61 Å². The summed E-state index contributed by atoms with van der Waals surface area (Å²) in [6.45, 7) is -0.0683. The highest BCUT2D eigenvalue weighted by Crippen LogP contribution is 2.35. The average molecular weight is 385 g/mol. The van der Waals surface area contributed by atoms with Gasteiger partial charge in [0, 0.05) is 6.92 Å². The lowest BCUT2D eigenvalue weighted by Gasteiger charge is -2.09. The van der Waals surface area contributed by atoms with Crippen LogP contribution in [0.25, 0.3) is 0 Å². The van der Waals surface area contributed by atoms with Gasteiger partial charge in [0.25, 0.3) is 5.91 Å². The Kier molecular flexibility index (Phi) is 5.04. The first-order valence-electron chi connectivity index (χ1n) is 6.13. The summed E-state index contributed by atoms with van der Waals surface area (Å²) in [6.07, 6.45) is 0. The van der Waals surface area contributed by atoms with Crippen molar-refractivity contribution in [2.45, 2.75) is 12.8 Å². The molecule has 8 nitrogen and oxygen atoms in total. The summed E-state index contributed by atoms with van der Waals surface area (Å²) in [4.78, 5) is 17.1. The predicted octanol–water partition coefficient (Wildman–Crippen LogP) is 2.36. The zero-order valence-corrected chi connectivity index (χ0v) is 13.3. The van der Waals surface area contributed by atoms with Crippen molar-refractivity contribution in [3.63, 3.8) is 0 Å². The largest absolute Gasteiger partial charge is 0.466 e. The van der Waals surface area contributed by atoms with E-state index in [1.54, 1.807) is 0 Å². The van der Waals surface area contributed by atoms with E-state index >= 15 is 0 Å². The second-order valence-corrected chi connectivity index (χ2v) is 5.25. The minimum atomic E-state index is -3.25. The minimum Gasteiger partial charge on any atom is -0.466 e. The fourth-order valence-electron chi connectivity index (χ4n) is 1.42. The smallest absolute Gasteiger partial charge is 0.303 e. The van der Waals surface area contributed by atoms with Gasteiger partial charge in [-0.15, -0.1) is 10.2 Å². The number of nitrogens with zero attached hydrogens (tertiary/aromatic N) is 3. The molecular weight excluding hydrogens is 376 g/mol. The highest BCUT2D eigenvalue weighted by molar-refractivity contribution is 6.39. The molecule has 130 valence electrons. The summed E-state index contributed by atoms with van der Waals surface area (Å²) >= 11 is 11.3. The number of nitrogens with one attached hydrogen (secondary N) is 2. The van der Waals surface area contributed by atoms with E-state index in [0.717, 1.165) is 0 Å². The van der Waals surface area contributed by atoms with Gasteiger partial charge in [-0.1, -0.05) is 23.2 Å². The molecule has 0 spiro atoms. The zero-order valence-electron chi connectivity index (χ0n) is 11.8. The van der Waals surface area contributed by atoms with E-state index in [0.29, 0.717) is 6.92 Å². The van der Waals surface area contributed by atoms with Gasteiger partial charge in [0.05, 0.1) is 5.69 Å². The molecule has 0 saturated heterocycles. The Bertz CT molecular complexity index is 780. The van der Waals surface area contributed by atoms with Crippen LogP contribution in [0.1, 0.15) is 12.7 Å². The van der Waals surface area contributed by atoms with Crippen LogP contribution < -0.4 is 15.8 Å². The van der Waals surface area contributed by atoms with Crippen LogP contribution in [0, 0.1) is 5.95 Å². The van der Waals surface area contributed by atoms with Crippen molar-refractivity contribution in [1.82, 2.24) is 20.2 Å². The fraction of sp³-hybridized carbons (Fsp3) is 0.273. The van der Waals surface area contributed by atoms with E-state index in [-0.39, 0.29) is 16.7 Å². The Hall–Kier alpha value is -2.27. The molecule has 0 atom stereocenters. The maximum atomic E-state index is 13.3. The zero-order chi connectivity index (χ0) is 18.1. The van der Waals surface area contributed by atoms with Crippen molar-refractivity contribution in [2.24, 2.45) is 0 Å². The molecule has 2 aromatic rings. The average Bonchev–Trinajstić information content (AvgIpc) is 2.96. The summed E-state index contributed by atoms with van der Waals surface area (Å²) in [7, 11) is 0. The number of nitrogen functional groups attached to an aromatic ring is 1. The molecule has 0 unspecified atom stereocenters. The first kappa shape index (κ1) is 18.1. The van der Waals surface area contributed by atoms with Gasteiger partial charge in [0.1, 0.15) is 10.0 Å². The topological polar surface area (TPSA) is 119 Å². The minimum absolute atomic E-state index is 0.276. The van der Waals surface area contributed by atoms with Crippen LogP contribution in [0.15, 0.2) is 0 Å². The highest BCUT2D eigenvalue weighted by atomic mass is 35.5. The second-order valence-electron chi connectivity index (χ2n) is 4.50. The first-order chi connectivity index (χ1) is 11.1. The number of alkyl halides is 2. The van der Waals surface area contributed by atoms with Gasteiger partial charge in [0.2, 0.25) is 23.6 Å². The summed E-state index contributed by atoms with van der Waals surface area (Å²) in [6, 6.07) is 0. The van der Waals surface area contributed by atoms with E-state index in [4.69, 9.17) is 33.7 Å². The number of halogens is 5. The number of pyridine rings is 1. The third-order valence-electron chi connectivity index (χ3n) is 2.54. The number of anilines is 2. The molecule has 0 fully saturated rings. The van der Waals surface area contributed by atoms with E-state index in [2.05, 4.69) is 25.5 Å². The summed E-state index contributed by atoms with van der Waals surface area (Å²) in [5.74, 6) is -6.69. The van der Waals surface area contributed by atoms with Crippen molar-refractivity contribution >= 4 is 40.7 Å². The molecule has 0 radical (unpaired) electrons. The van der Waals surface area contributed by atoms with Crippen LogP contribution in [0.3, 0.4) is 0 Å². The Labute approximate surface area is 142 Å². The lowest BCUT2D eigenvalue weighted by molar-refractivity contribution is -0.118. The summed E-state index contributed by atoms with van der Waals surface area (Å²) < 4.78 is 44.2. The van der Waals surface area contributed by atoms with E-state index in [9.17, 15) is 18.0 Å². The number of rotatable bonds is 5. The molecule has 0 aliphatic heterocycles. The SMILES string of the molecule is CC(F)(F)c1nnc(NC(=O)COc2nc(F)c(Cl)c(N)c2Cl)[nH]1. The van der Waals surface area contributed by atoms with Crippen LogP contribution in [-0.4, -0.2) is 32.7 Å². The number of H-pyrrole nitrogens is 1. The normalized spacial score (nSPS) is 11.4. The van der Waals surface area contributed by atoms with Crippen molar-refractivity contribution in [2.75, 3.05) is 17.7 Å². The molecule has 2 heterocycles. The van der Waals surface area contributed by atoms with E-state index in [1.807, 2.05) is 0 Å². The monoisotopic (exact) mass is 384 g/mol. The first-order valence-corrected chi connectivity index (χ1v) is 6.88. The van der Waals surface area contributed by atoms with Gasteiger partial charge in [-0.3, -0.25) is 10.1 Å². The molecule has 0 aromatic carbocycles. The van der Waals surface area contributed by atoms with E-state index in [1.165, 1.54) is 0 Å². The van der Waals surface area contributed by atoms with Crippen LogP contribution in [0.4, 0.5) is 24.8 Å². The molecular formula is C11H9Cl2F3N6O2. The fourth-order valence-corrected chi connectivity index (χ4v) is 1.80. The standard InChI is InChI=1S/C11H9Cl2F3N6O2/c1-11(15,16)9-20-10(22-21-9)18-3(23)2-24-8-5(13)6(17)4(12)7(14)19-8/h2H2,1H3,(H2,17,19)(H2,18,20,21,22,23). The number of hydrogen-bond acceptors (Lipinski definition) is 6. The number of aromatic nitrogens is 4. The van der Waals surface area contributed by atoms with Crippen LogP contribution in [0.5, 0.6) is 5.88 Å². The van der Waals surface area contributed by atoms with Gasteiger partial charge < -0.3 is 15.5 Å². The molecule has 0 saturated carbocycles.